The second-order valence-corrected chi connectivity index (χ2v) is 8.27. The Balaban J connectivity index is 1.95. The van der Waals surface area contributed by atoms with Crippen molar-refractivity contribution in [2.75, 3.05) is 24.9 Å². The van der Waals surface area contributed by atoms with E-state index in [0.717, 1.165) is 31.0 Å². The molecule has 2 heterocycles. The molecule has 33 heavy (non-hydrogen) atoms. The van der Waals surface area contributed by atoms with E-state index < -0.39 is 17.5 Å². The largest absolute Gasteiger partial charge is 0.497 e. The number of halogens is 1. The van der Waals surface area contributed by atoms with E-state index in [9.17, 15) is 9.50 Å². The van der Waals surface area contributed by atoms with E-state index in [4.69, 9.17) is 9.47 Å². The molecule has 178 valence electrons. The first-order valence-corrected chi connectivity index (χ1v) is 11.0. The van der Waals surface area contributed by atoms with Gasteiger partial charge in [0.15, 0.2) is 5.82 Å². The van der Waals surface area contributed by atoms with Crippen molar-refractivity contribution < 1.29 is 19.0 Å². The molecule has 0 aliphatic heterocycles. The third kappa shape index (κ3) is 5.78. The maximum Gasteiger partial charge on any atom is 0.225 e. The summed E-state index contributed by atoms with van der Waals surface area (Å²) in [5, 5.41) is 17.0. The highest BCUT2D eigenvalue weighted by atomic mass is 19.1. The number of pyridine rings is 1. The van der Waals surface area contributed by atoms with Crippen LogP contribution >= 0.6 is 0 Å². The summed E-state index contributed by atoms with van der Waals surface area (Å²) < 4.78 is 24.6. The molecule has 2 aromatic heterocycles. The van der Waals surface area contributed by atoms with Crippen molar-refractivity contribution in [3.63, 3.8) is 0 Å². The topological polar surface area (TPSA) is 101 Å². The monoisotopic (exact) mass is 457 g/mol. The van der Waals surface area contributed by atoms with Gasteiger partial charge in [0.05, 0.1) is 37.6 Å². The number of fused-ring (bicyclic) bond motifs is 1. The van der Waals surface area contributed by atoms with Crippen LogP contribution in [0.3, 0.4) is 0 Å². The summed E-state index contributed by atoms with van der Waals surface area (Å²) in [6.07, 6.45) is 3.16. The maximum absolute atomic E-state index is 13.9. The minimum atomic E-state index is -0.644. The van der Waals surface area contributed by atoms with E-state index >= 15 is 0 Å². The Morgan fingerprint density at radius 3 is 2.64 bits per heavy atom. The van der Waals surface area contributed by atoms with Gasteiger partial charge in [-0.25, -0.2) is 14.4 Å². The quantitative estimate of drug-likeness (QED) is 0.386. The third-order valence-corrected chi connectivity index (χ3v) is 5.81. The summed E-state index contributed by atoms with van der Waals surface area (Å²) in [6, 6.07) is 6.85. The zero-order valence-corrected chi connectivity index (χ0v) is 19.8. The van der Waals surface area contributed by atoms with Gasteiger partial charge in [-0.2, -0.15) is 4.98 Å². The second kappa shape index (κ2) is 10.6. The number of anilines is 2. The van der Waals surface area contributed by atoms with E-state index in [2.05, 4.69) is 32.5 Å². The molecule has 2 atom stereocenters. The molecule has 0 aliphatic rings. The Bertz CT molecular complexity index is 1100. The van der Waals surface area contributed by atoms with Crippen LogP contribution in [0.1, 0.15) is 45.6 Å². The minimum absolute atomic E-state index is 0.304. The number of hydrogen-bond acceptors (Lipinski definition) is 8. The standard InChI is InChI=1S/C24H32FN5O3/c1-6-7-10-24(3,15(2)31)30-22-21-19(11-17(25)14-26-21)28-23(29-22)27-13-16-8-9-18(32-4)12-20(16)33-5/h8-9,11-12,14-15,31H,6-7,10,13H2,1-5H3,(H2,27,28,29,30)/t15-,24?/m1/s1. The van der Waals surface area contributed by atoms with Gasteiger partial charge in [-0.15, -0.1) is 0 Å². The van der Waals surface area contributed by atoms with Crippen LogP contribution in [0.4, 0.5) is 16.2 Å². The van der Waals surface area contributed by atoms with Gasteiger partial charge in [-0.3, -0.25) is 0 Å². The van der Waals surface area contributed by atoms with Crippen molar-refractivity contribution in [3.05, 3.63) is 41.8 Å². The minimum Gasteiger partial charge on any atom is -0.497 e. The van der Waals surface area contributed by atoms with E-state index in [1.54, 1.807) is 27.2 Å². The molecule has 0 saturated heterocycles. The SMILES string of the molecule is CCCCC(C)(Nc1nc(NCc2ccc(OC)cc2OC)nc2cc(F)cnc12)[C@@H](C)O. The molecule has 0 radical (unpaired) electrons. The highest BCUT2D eigenvalue weighted by Gasteiger charge is 2.31. The first kappa shape index (κ1) is 24.4. The summed E-state index contributed by atoms with van der Waals surface area (Å²) in [6.45, 7) is 6.17. The van der Waals surface area contributed by atoms with Gasteiger partial charge in [0.2, 0.25) is 5.95 Å². The number of hydrogen-bond donors (Lipinski definition) is 3. The molecule has 0 fully saturated rings. The van der Waals surface area contributed by atoms with Crippen molar-refractivity contribution in [3.8, 4) is 11.5 Å². The highest BCUT2D eigenvalue weighted by molar-refractivity contribution is 5.86. The molecule has 0 spiro atoms. The lowest BCUT2D eigenvalue weighted by molar-refractivity contribution is 0.116. The fourth-order valence-corrected chi connectivity index (χ4v) is 3.52. The Hall–Kier alpha value is -3.20. The smallest absolute Gasteiger partial charge is 0.225 e. The number of nitrogens with zero attached hydrogens (tertiary/aromatic N) is 3. The Morgan fingerprint density at radius 2 is 1.97 bits per heavy atom. The van der Waals surface area contributed by atoms with Crippen LogP contribution in [0.25, 0.3) is 11.0 Å². The van der Waals surface area contributed by atoms with Crippen LogP contribution < -0.4 is 20.1 Å². The highest BCUT2D eigenvalue weighted by Crippen LogP contribution is 2.29. The molecular formula is C24H32FN5O3. The number of aliphatic hydroxyl groups is 1. The van der Waals surface area contributed by atoms with Crippen molar-refractivity contribution in [2.24, 2.45) is 0 Å². The molecule has 9 heteroatoms. The second-order valence-electron chi connectivity index (χ2n) is 8.27. The maximum atomic E-state index is 13.9. The lowest BCUT2D eigenvalue weighted by Gasteiger charge is -2.34. The lowest BCUT2D eigenvalue weighted by Crippen LogP contribution is -2.45. The van der Waals surface area contributed by atoms with Crippen LogP contribution in [-0.2, 0) is 6.54 Å². The normalized spacial score (nSPS) is 13.9. The van der Waals surface area contributed by atoms with E-state index in [0.29, 0.717) is 40.8 Å². The van der Waals surface area contributed by atoms with Gasteiger partial charge in [0.1, 0.15) is 22.8 Å². The summed E-state index contributed by atoms with van der Waals surface area (Å²) >= 11 is 0. The summed E-state index contributed by atoms with van der Waals surface area (Å²) in [5.74, 6) is 1.60. The Labute approximate surface area is 193 Å². The predicted molar refractivity (Wildman–Crippen MR) is 127 cm³/mol. The van der Waals surface area contributed by atoms with E-state index in [1.165, 1.54) is 6.07 Å². The summed E-state index contributed by atoms with van der Waals surface area (Å²) in [5.41, 5.74) is 1.04. The zero-order chi connectivity index (χ0) is 24.0. The Kier molecular flexibility index (Phi) is 7.86. The average molecular weight is 458 g/mol. The van der Waals surface area contributed by atoms with Gasteiger partial charge in [0.25, 0.3) is 0 Å². The van der Waals surface area contributed by atoms with Crippen molar-refractivity contribution in [1.82, 2.24) is 15.0 Å². The molecule has 3 aromatic rings. The van der Waals surface area contributed by atoms with E-state index in [1.807, 2.05) is 19.1 Å². The molecule has 0 aliphatic carbocycles. The van der Waals surface area contributed by atoms with Crippen molar-refractivity contribution >= 4 is 22.8 Å². The van der Waals surface area contributed by atoms with Gasteiger partial charge in [0, 0.05) is 24.2 Å². The molecule has 3 rings (SSSR count). The number of aromatic nitrogens is 3. The van der Waals surface area contributed by atoms with Gasteiger partial charge >= 0.3 is 0 Å². The van der Waals surface area contributed by atoms with Crippen LogP contribution in [0.2, 0.25) is 0 Å². The first-order chi connectivity index (χ1) is 15.8. The third-order valence-electron chi connectivity index (χ3n) is 5.81. The molecule has 3 N–H and O–H groups in total. The number of benzene rings is 1. The summed E-state index contributed by atoms with van der Waals surface area (Å²) in [7, 11) is 3.19. The number of rotatable bonds is 11. The van der Waals surface area contributed by atoms with Crippen molar-refractivity contribution in [2.45, 2.75) is 58.2 Å². The van der Waals surface area contributed by atoms with Crippen LogP contribution in [-0.4, -0.2) is 45.9 Å². The number of unbranched alkanes of at least 4 members (excludes halogenated alkanes) is 1. The fourth-order valence-electron chi connectivity index (χ4n) is 3.52. The molecular weight excluding hydrogens is 425 g/mol. The predicted octanol–water partition coefficient (Wildman–Crippen LogP) is 4.53. The number of nitrogens with one attached hydrogen (secondary N) is 2. The molecule has 0 saturated carbocycles. The van der Waals surface area contributed by atoms with Crippen molar-refractivity contribution in [1.29, 1.82) is 0 Å². The van der Waals surface area contributed by atoms with Gasteiger partial charge < -0.3 is 25.2 Å². The molecule has 1 aromatic carbocycles. The first-order valence-electron chi connectivity index (χ1n) is 11.0. The number of aliphatic hydroxyl groups excluding tert-OH is 1. The van der Waals surface area contributed by atoms with E-state index in [-0.39, 0.29) is 0 Å². The zero-order valence-electron chi connectivity index (χ0n) is 19.8. The van der Waals surface area contributed by atoms with Gasteiger partial charge in [-0.05, 0) is 32.4 Å². The average Bonchev–Trinajstić information content (AvgIpc) is 2.80. The number of methoxy groups -OCH3 is 2. The van der Waals surface area contributed by atoms with Crippen LogP contribution in [0.5, 0.6) is 11.5 Å². The molecule has 0 amide bonds. The lowest BCUT2D eigenvalue weighted by atomic mass is 9.89. The van der Waals surface area contributed by atoms with Crippen LogP contribution in [0.15, 0.2) is 30.5 Å². The molecule has 1 unspecified atom stereocenters. The van der Waals surface area contributed by atoms with Gasteiger partial charge in [-0.1, -0.05) is 19.8 Å². The molecule has 8 nitrogen and oxygen atoms in total. The molecule has 0 bridgehead atoms. The summed E-state index contributed by atoms with van der Waals surface area (Å²) in [4.78, 5) is 13.3. The van der Waals surface area contributed by atoms with Crippen LogP contribution in [0, 0.1) is 5.82 Å². The Morgan fingerprint density at radius 1 is 1.18 bits per heavy atom. The fraction of sp³-hybridized carbons (Fsp3) is 0.458. The number of ether oxygens (including phenoxy) is 2.